The summed E-state index contributed by atoms with van der Waals surface area (Å²) in [5.41, 5.74) is 0.451. The zero-order valence-electron chi connectivity index (χ0n) is 16.0. The molecule has 1 saturated carbocycles. The molecule has 0 nitrogen and oxygen atoms in total. The molecule has 2 aromatic carbocycles. The summed E-state index contributed by atoms with van der Waals surface area (Å²) in [6.07, 6.45) is 2.55. The van der Waals surface area contributed by atoms with E-state index in [1.165, 1.54) is 44.1 Å². The molecule has 5 heteroatoms. The van der Waals surface area contributed by atoms with Crippen LogP contribution in [0.15, 0.2) is 36.4 Å². The normalized spacial score (nSPS) is 20.4. The molecule has 1 aliphatic rings. The first kappa shape index (κ1) is 20.8. The fourth-order valence-electron chi connectivity index (χ4n) is 4.33. The van der Waals surface area contributed by atoms with Gasteiger partial charge in [-0.2, -0.15) is 13.2 Å². The van der Waals surface area contributed by atoms with Crippen LogP contribution in [-0.2, 0) is 12.6 Å². The van der Waals surface area contributed by atoms with E-state index in [2.05, 4.69) is 6.92 Å². The summed E-state index contributed by atoms with van der Waals surface area (Å²) < 4.78 is 65.5. The van der Waals surface area contributed by atoms with Crippen molar-refractivity contribution in [1.82, 2.24) is 0 Å². The van der Waals surface area contributed by atoms with Crippen LogP contribution >= 0.6 is 0 Å². The molecular weight excluding hydrogens is 371 g/mol. The van der Waals surface area contributed by atoms with E-state index < -0.39 is 23.4 Å². The minimum atomic E-state index is -5.04. The maximum absolute atomic E-state index is 13.7. The monoisotopic (exact) mass is 396 g/mol. The van der Waals surface area contributed by atoms with E-state index in [-0.39, 0.29) is 12.0 Å². The highest BCUT2D eigenvalue weighted by atomic mass is 19.4. The van der Waals surface area contributed by atoms with Gasteiger partial charge in [-0.3, -0.25) is 0 Å². The average molecular weight is 396 g/mol. The zero-order chi connectivity index (χ0) is 20.3. The maximum atomic E-state index is 13.7. The van der Waals surface area contributed by atoms with Crippen molar-refractivity contribution in [1.29, 1.82) is 0 Å². The van der Waals surface area contributed by atoms with Gasteiger partial charge in [0.15, 0.2) is 0 Å². The molecular formula is C23H25F5. The molecule has 0 heterocycles. The first-order valence-electron chi connectivity index (χ1n) is 9.92. The van der Waals surface area contributed by atoms with Gasteiger partial charge in [0.2, 0.25) is 0 Å². The molecule has 1 aliphatic carbocycles. The van der Waals surface area contributed by atoms with E-state index in [4.69, 9.17) is 0 Å². The van der Waals surface area contributed by atoms with Crippen LogP contribution in [0, 0.1) is 17.6 Å². The molecule has 0 spiro atoms. The molecule has 0 aromatic heterocycles. The molecule has 0 radical (unpaired) electrons. The van der Waals surface area contributed by atoms with Gasteiger partial charge >= 0.3 is 6.18 Å². The zero-order valence-corrected chi connectivity index (χ0v) is 16.0. The van der Waals surface area contributed by atoms with E-state index in [1.54, 1.807) is 0 Å². The fourth-order valence-corrected chi connectivity index (χ4v) is 4.33. The van der Waals surface area contributed by atoms with Gasteiger partial charge in [-0.25, -0.2) is 8.78 Å². The Bertz CT molecular complexity index is 761. The molecule has 2 aromatic rings. The molecule has 1 fully saturated rings. The average Bonchev–Trinajstić information content (AvgIpc) is 2.61. The largest absolute Gasteiger partial charge is 0.422 e. The second kappa shape index (κ2) is 8.62. The van der Waals surface area contributed by atoms with Crippen LogP contribution in [0.25, 0.3) is 0 Å². The lowest BCUT2D eigenvalue weighted by atomic mass is 9.77. The highest BCUT2D eigenvalue weighted by Gasteiger charge is 2.37. The molecule has 3 rings (SSSR count). The van der Waals surface area contributed by atoms with E-state index >= 15 is 0 Å². The van der Waals surface area contributed by atoms with E-state index in [0.29, 0.717) is 5.92 Å². The Hall–Kier alpha value is -1.91. The third-order valence-corrected chi connectivity index (χ3v) is 5.79. The van der Waals surface area contributed by atoms with Crippen LogP contribution < -0.4 is 0 Å². The van der Waals surface area contributed by atoms with Crippen molar-refractivity contribution in [3.63, 3.8) is 0 Å². The number of rotatable bonds is 5. The Morgan fingerprint density at radius 1 is 0.857 bits per heavy atom. The highest BCUT2D eigenvalue weighted by Crippen LogP contribution is 2.38. The van der Waals surface area contributed by atoms with Crippen LogP contribution in [0.3, 0.4) is 0 Å². The third kappa shape index (κ3) is 4.92. The van der Waals surface area contributed by atoms with Crippen LogP contribution in [0.1, 0.15) is 73.6 Å². The Balaban J connectivity index is 1.67. The summed E-state index contributed by atoms with van der Waals surface area (Å²) in [5.74, 6) is -1.75. The van der Waals surface area contributed by atoms with Crippen LogP contribution in [-0.4, -0.2) is 0 Å². The van der Waals surface area contributed by atoms with E-state index in [9.17, 15) is 22.0 Å². The predicted octanol–water partition coefficient (Wildman–Crippen LogP) is 7.65. The van der Waals surface area contributed by atoms with Gasteiger partial charge in [0, 0.05) is 0 Å². The lowest BCUT2D eigenvalue weighted by Gasteiger charge is -2.28. The highest BCUT2D eigenvalue weighted by molar-refractivity contribution is 5.34. The first-order valence-corrected chi connectivity index (χ1v) is 9.92. The Kier molecular flexibility index (Phi) is 6.41. The molecule has 0 N–H and O–H groups in total. The SMILES string of the molecule is CCCC1CCC(c2ccc(Cc3cc(F)c(C(F)(F)F)c(F)c3)cc2)CC1. The standard InChI is InChI=1S/C23H25F5/c1-2-3-15-4-8-18(9-5-15)19-10-6-16(7-11-19)12-17-13-20(24)22(21(25)14-17)23(26,27)28/h6-7,10-11,13-15,18H,2-5,8-9,12H2,1H3. The second-order valence-corrected chi connectivity index (χ2v) is 7.86. The van der Waals surface area contributed by atoms with E-state index in [1.807, 2.05) is 24.3 Å². The van der Waals surface area contributed by atoms with Gasteiger partial charge < -0.3 is 0 Å². The van der Waals surface area contributed by atoms with Gasteiger partial charge in [0.1, 0.15) is 17.2 Å². The predicted molar refractivity (Wildman–Crippen MR) is 100 cm³/mol. The van der Waals surface area contributed by atoms with Gasteiger partial charge in [-0.05, 0) is 72.8 Å². The molecule has 0 atom stereocenters. The van der Waals surface area contributed by atoms with Crippen molar-refractivity contribution in [3.05, 3.63) is 70.3 Å². The van der Waals surface area contributed by atoms with Crippen molar-refractivity contribution in [2.24, 2.45) is 5.92 Å². The Labute approximate surface area is 162 Å². The van der Waals surface area contributed by atoms with E-state index in [0.717, 1.165) is 23.6 Å². The van der Waals surface area contributed by atoms with Crippen molar-refractivity contribution in [2.45, 2.75) is 64.0 Å². The Morgan fingerprint density at radius 2 is 1.43 bits per heavy atom. The lowest BCUT2D eigenvalue weighted by Crippen LogP contribution is -2.13. The molecule has 0 aliphatic heterocycles. The summed E-state index contributed by atoms with van der Waals surface area (Å²) in [4.78, 5) is 0. The number of benzene rings is 2. The lowest BCUT2D eigenvalue weighted by molar-refractivity contribution is -0.142. The summed E-state index contributed by atoms with van der Waals surface area (Å²) in [6.45, 7) is 2.22. The van der Waals surface area contributed by atoms with Crippen molar-refractivity contribution in [3.8, 4) is 0 Å². The third-order valence-electron chi connectivity index (χ3n) is 5.79. The summed E-state index contributed by atoms with van der Waals surface area (Å²) in [6, 6.07) is 9.43. The first-order chi connectivity index (χ1) is 13.3. The number of halogens is 5. The minimum absolute atomic E-state index is 0.190. The molecule has 0 saturated heterocycles. The molecule has 28 heavy (non-hydrogen) atoms. The molecule has 0 bridgehead atoms. The topological polar surface area (TPSA) is 0 Å². The van der Waals surface area contributed by atoms with Gasteiger partial charge in [-0.15, -0.1) is 0 Å². The maximum Gasteiger partial charge on any atom is 0.422 e. The smallest absolute Gasteiger partial charge is 0.206 e. The minimum Gasteiger partial charge on any atom is -0.206 e. The fraction of sp³-hybridized carbons (Fsp3) is 0.478. The molecule has 152 valence electrons. The van der Waals surface area contributed by atoms with Crippen molar-refractivity contribution in [2.75, 3.05) is 0 Å². The van der Waals surface area contributed by atoms with Crippen LogP contribution in [0.5, 0.6) is 0 Å². The van der Waals surface area contributed by atoms with Gasteiger partial charge in [0.25, 0.3) is 0 Å². The van der Waals surface area contributed by atoms with Crippen molar-refractivity contribution >= 4 is 0 Å². The van der Waals surface area contributed by atoms with Crippen LogP contribution in [0.2, 0.25) is 0 Å². The second-order valence-electron chi connectivity index (χ2n) is 7.86. The summed E-state index contributed by atoms with van der Waals surface area (Å²) in [5, 5.41) is 0. The van der Waals surface area contributed by atoms with Crippen molar-refractivity contribution < 1.29 is 22.0 Å². The van der Waals surface area contributed by atoms with Gasteiger partial charge in [0.05, 0.1) is 0 Å². The van der Waals surface area contributed by atoms with Gasteiger partial charge in [-0.1, -0.05) is 44.0 Å². The molecule has 0 amide bonds. The molecule has 0 unspecified atom stereocenters. The number of hydrogen-bond acceptors (Lipinski definition) is 0. The summed E-state index contributed by atoms with van der Waals surface area (Å²) in [7, 11) is 0. The summed E-state index contributed by atoms with van der Waals surface area (Å²) >= 11 is 0. The number of hydrogen-bond donors (Lipinski definition) is 0. The quantitative estimate of drug-likeness (QED) is 0.455. The number of alkyl halides is 3. The van der Waals surface area contributed by atoms with Crippen LogP contribution in [0.4, 0.5) is 22.0 Å². The Morgan fingerprint density at radius 3 is 1.93 bits per heavy atom.